The van der Waals surface area contributed by atoms with Crippen molar-refractivity contribution in [3.63, 3.8) is 0 Å². The number of alkyl halides is 2. The second-order valence-electron chi connectivity index (χ2n) is 10.4. The predicted octanol–water partition coefficient (Wildman–Crippen LogP) is 3.11. The highest BCUT2D eigenvalue weighted by Crippen LogP contribution is 2.40. The summed E-state index contributed by atoms with van der Waals surface area (Å²) in [5, 5.41) is -1.01. The third kappa shape index (κ3) is 6.58. The molecule has 222 valence electrons. The van der Waals surface area contributed by atoms with Crippen LogP contribution in [0.3, 0.4) is 0 Å². The van der Waals surface area contributed by atoms with Crippen molar-refractivity contribution < 1.29 is 27.0 Å². The van der Waals surface area contributed by atoms with Crippen LogP contribution in [0.4, 0.5) is 10.1 Å². The summed E-state index contributed by atoms with van der Waals surface area (Å²) in [5.74, 6) is 0.185. The lowest BCUT2D eigenvalue weighted by atomic mass is 9.88. The smallest absolute Gasteiger partial charge is 0.300 e. The van der Waals surface area contributed by atoms with Gasteiger partial charge >= 0.3 is 0 Å². The molecule has 3 unspecified atom stereocenters. The van der Waals surface area contributed by atoms with Gasteiger partial charge < -0.3 is 14.2 Å². The molecule has 1 saturated heterocycles. The second kappa shape index (κ2) is 12.1. The number of hydrogen-bond donors (Lipinski definition) is 1. The molecular formula is C27H33ClFN5O6S. The Morgan fingerprint density at radius 3 is 2.71 bits per heavy atom. The first-order chi connectivity index (χ1) is 19.6. The van der Waals surface area contributed by atoms with Gasteiger partial charge in [-0.15, -0.1) is 11.6 Å². The van der Waals surface area contributed by atoms with Crippen molar-refractivity contribution in [2.24, 2.45) is 0 Å². The van der Waals surface area contributed by atoms with E-state index in [9.17, 15) is 17.6 Å². The summed E-state index contributed by atoms with van der Waals surface area (Å²) >= 11 is 6.48. The van der Waals surface area contributed by atoms with Crippen LogP contribution in [0.5, 0.6) is 11.6 Å². The zero-order valence-electron chi connectivity index (χ0n) is 22.9. The average Bonchev–Trinajstić information content (AvgIpc) is 2.93. The van der Waals surface area contributed by atoms with Crippen LogP contribution in [-0.2, 0) is 14.8 Å². The molecule has 0 amide bonds. The lowest BCUT2D eigenvalue weighted by Crippen LogP contribution is -2.47. The Bertz CT molecular complexity index is 1560. The largest absolute Gasteiger partial charge is 0.485 e. The highest BCUT2D eigenvalue weighted by atomic mass is 35.5. The van der Waals surface area contributed by atoms with Gasteiger partial charge in [-0.2, -0.15) is 0 Å². The van der Waals surface area contributed by atoms with Gasteiger partial charge in [0.1, 0.15) is 24.1 Å². The first-order valence-electron chi connectivity index (χ1n) is 13.4. The van der Waals surface area contributed by atoms with Crippen LogP contribution in [0.1, 0.15) is 26.2 Å². The molecule has 4 heterocycles. The molecular weight excluding hydrogens is 577 g/mol. The zero-order chi connectivity index (χ0) is 29.2. The molecule has 0 aromatic carbocycles. The summed E-state index contributed by atoms with van der Waals surface area (Å²) in [6.45, 7) is 5.54. The molecule has 1 aliphatic heterocycles. The summed E-state index contributed by atoms with van der Waals surface area (Å²) in [6.07, 6.45) is 3.52. The minimum atomic E-state index is -4.02. The fourth-order valence-electron chi connectivity index (χ4n) is 5.29. The number of nitrogens with zero attached hydrogens (tertiary/aromatic N) is 4. The third-order valence-corrected chi connectivity index (χ3v) is 10.0. The van der Waals surface area contributed by atoms with Crippen LogP contribution in [-0.4, -0.2) is 90.5 Å². The van der Waals surface area contributed by atoms with Crippen LogP contribution in [0.15, 0.2) is 41.6 Å². The number of ether oxygens (including phenoxy) is 3. The van der Waals surface area contributed by atoms with Gasteiger partial charge in [0.2, 0.25) is 21.7 Å². The van der Waals surface area contributed by atoms with Gasteiger partial charge in [-0.25, -0.2) is 22.8 Å². The first kappa shape index (κ1) is 29.5. The molecule has 1 N–H and O–H groups in total. The quantitative estimate of drug-likeness (QED) is 0.364. The molecule has 0 bridgehead atoms. The van der Waals surface area contributed by atoms with E-state index in [0.29, 0.717) is 43.1 Å². The lowest BCUT2D eigenvalue weighted by molar-refractivity contribution is 0.0321. The number of nitrogens with one attached hydrogen (secondary N) is 1. The Labute approximate surface area is 242 Å². The predicted molar refractivity (Wildman–Crippen MR) is 153 cm³/mol. The molecule has 2 fully saturated rings. The van der Waals surface area contributed by atoms with Crippen molar-refractivity contribution in [3.05, 3.63) is 47.1 Å². The molecule has 41 heavy (non-hydrogen) atoms. The van der Waals surface area contributed by atoms with Gasteiger partial charge in [0, 0.05) is 43.2 Å². The molecule has 11 nitrogen and oxygen atoms in total. The summed E-state index contributed by atoms with van der Waals surface area (Å²) in [7, 11) is -2.65. The number of fused-ring (bicyclic) bond motifs is 1. The van der Waals surface area contributed by atoms with Crippen molar-refractivity contribution >= 4 is 33.0 Å². The molecule has 3 atom stereocenters. The van der Waals surface area contributed by atoms with E-state index in [0.717, 1.165) is 13.1 Å². The topological polar surface area (TPSA) is 124 Å². The van der Waals surface area contributed by atoms with E-state index in [1.807, 2.05) is 0 Å². The maximum Gasteiger partial charge on any atom is 0.300 e. The van der Waals surface area contributed by atoms with E-state index >= 15 is 0 Å². The Morgan fingerprint density at radius 2 is 1.98 bits per heavy atom. The first-order valence-corrected chi connectivity index (χ1v) is 15.3. The fraction of sp³-hybridized carbons (Fsp3) is 0.519. The number of halogens is 2. The summed E-state index contributed by atoms with van der Waals surface area (Å²) in [5.41, 5.74) is 1.27. The summed E-state index contributed by atoms with van der Waals surface area (Å²) < 4.78 is 61.0. The number of hydrogen-bond acceptors (Lipinski definition) is 9. The molecule has 1 saturated carbocycles. The number of aromatic nitrogens is 3. The molecule has 3 aromatic heterocycles. The van der Waals surface area contributed by atoms with E-state index in [1.165, 1.54) is 30.8 Å². The Kier molecular flexibility index (Phi) is 8.69. The number of methoxy groups -OCH3 is 1. The molecule has 1 aliphatic carbocycles. The minimum absolute atomic E-state index is 0.0587. The van der Waals surface area contributed by atoms with Gasteiger partial charge in [-0.05, 0) is 44.4 Å². The number of pyridine rings is 2. The van der Waals surface area contributed by atoms with Crippen LogP contribution in [0.25, 0.3) is 16.8 Å². The number of anilines is 1. The van der Waals surface area contributed by atoms with Crippen LogP contribution in [0.2, 0.25) is 0 Å². The number of sulfonamides is 1. The van der Waals surface area contributed by atoms with Gasteiger partial charge in [0.15, 0.2) is 0 Å². The highest BCUT2D eigenvalue weighted by molar-refractivity contribution is 7.93. The van der Waals surface area contributed by atoms with Crippen molar-refractivity contribution in [1.82, 2.24) is 19.3 Å². The van der Waals surface area contributed by atoms with Crippen molar-refractivity contribution in [2.75, 3.05) is 51.3 Å². The Morgan fingerprint density at radius 1 is 1.20 bits per heavy atom. The molecule has 0 spiro atoms. The number of morpholine rings is 1. The van der Waals surface area contributed by atoms with E-state index in [1.54, 1.807) is 24.4 Å². The van der Waals surface area contributed by atoms with E-state index < -0.39 is 26.3 Å². The Hall–Kier alpha value is -3.00. The van der Waals surface area contributed by atoms with Crippen molar-refractivity contribution in [3.8, 4) is 22.8 Å². The maximum absolute atomic E-state index is 14.0. The lowest BCUT2D eigenvalue weighted by Gasteiger charge is -2.37. The van der Waals surface area contributed by atoms with Crippen molar-refractivity contribution in [1.29, 1.82) is 0 Å². The number of rotatable bonds is 9. The fourth-order valence-corrected chi connectivity index (χ4v) is 7.70. The molecule has 3 aromatic rings. The van der Waals surface area contributed by atoms with Gasteiger partial charge in [-0.1, -0.05) is 0 Å². The molecule has 0 radical (unpaired) electrons. The third-order valence-electron chi connectivity index (χ3n) is 7.48. The van der Waals surface area contributed by atoms with Gasteiger partial charge in [-0.3, -0.25) is 18.8 Å². The molecule has 2 aliphatic rings. The second-order valence-corrected chi connectivity index (χ2v) is 13.2. The van der Waals surface area contributed by atoms with E-state index in [-0.39, 0.29) is 42.1 Å². The molecule has 5 rings (SSSR count). The summed E-state index contributed by atoms with van der Waals surface area (Å²) in [6, 6.07) is 5.00. The monoisotopic (exact) mass is 609 g/mol. The standard InChI is InChI=1S/C27H33ClFN5O6S/c1-27(28)14-20(29)4-5-23(27)41(36,37)32-21-13-19(15-31-25(21)38-2)18-3-6-24-30-16-22(26(35)34(24)17-18)40-12-9-33-7-10-39-11-8-33/h3,6,13,15-17,20,23,32H,4-5,7-12,14H2,1-2H3. The zero-order valence-corrected chi connectivity index (χ0v) is 24.5. The van der Waals surface area contributed by atoms with Crippen LogP contribution >= 0.6 is 11.6 Å². The van der Waals surface area contributed by atoms with Gasteiger partial charge in [0.25, 0.3) is 5.56 Å². The van der Waals surface area contributed by atoms with Gasteiger partial charge in [0.05, 0.1) is 36.6 Å². The minimum Gasteiger partial charge on any atom is -0.485 e. The highest BCUT2D eigenvalue weighted by Gasteiger charge is 2.46. The van der Waals surface area contributed by atoms with Crippen LogP contribution in [0, 0.1) is 0 Å². The Balaban J connectivity index is 1.39. The van der Waals surface area contributed by atoms with Crippen molar-refractivity contribution in [2.45, 2.75) is 42.5 Å². The van der Waals surface area contributed by atoms with E-state index in [4.69, 9.17) is 25.8 Å². The average molecular weight is 610 g/mol. The SMILES string of the molecule is COc1ncc(-c2ccc3ncc(OCCN4CCOCC4)c(=O)n3c2)cc1NS(=O)(=O)C1CCC(F)CC1(C)Cl. The van der Waals surface area contributed by atoms with E-state index in [2.05, 4.69) is 19.6 Å². The summed E-state index contributed by atoms with van der Waals surface area (Å²) in [4.78, 5) is 22.8. The molecule has 14 heteroatoms. The normalized spacial score (nSPS) is 23.8. The maximum atomic E-state index is 14.0. The van der Waals surface area contributed by atoms with Crippen LogP contribution < -0.4 is 19.8 Å².